The maximum absolute atomic E-state index is 10.2. The second-order valence-electron chi connectivity index (χ2n) is 4.78. The molecule has 0 amide bonds. The van der Waals surface area contributed by atoms with Crippen molar-refractivity contribution in [1.29, 1.82) is 0 Å². The van der Waals surface area contributed by atoms with Gasteiger partial charge in [0.25, 0.3) is 0 Å². The first-order valence-electron chi connectivity index (χ1n) is 6.72. The van der Waals surface area contributed by atoms with Crippen LogP contribution in [0.5, 0.6) is 0 Å². The fourth-order valence-corrected chi connectivity index (χ4v) is 2.58. The van der Waals surface area contributed by atoms with Crippen molar-refractivity contribution in [3.05, 3.63) is 34.9 Å². The summed E-state index contributed by atoms with van der Waals surface area (Å²) in [6.07, 6.45) is 2.54. The first kappa shape index (κ1) is 15.5. The van der Waals surface area contributed by atoms with Crippen molar-refractivity contribution < 1.29 is 5.11 Å². The molecule has 0 heterocycles. The zero-order chi connectivity index (χ0) is 13.5. The molecule has 0 radical (unpaired) electrons. The quantitative estimate of drug-likeness (QED) is 0.812. The molecule has 0 bridgehead atoms. The molecule has 0 aromatic heterocycles. The second kappa shape index (κ2) is 7.78. The minimum Gasteiger partial charge on any atom is -0.388 e. The van der Waals surface area contributed by atoms with Crippen molar-refractivity contribution >= 4 is 11.6 Å². The van der Waals surface area contributed by atoms with Crippen LogP contribution >= 0.6 is 11.6 Å². The molecule has 0 aliphatic rings. The van der Waals surface area contributed by atoms with Gasteiger partial charge < -0.3 is 10.0 Å². The van der Waals surface area contributed by atoms with Crippen molar-refractivity contribution in [1.82, 2.24) is 4.90 Å². The lowest BCUT2D eigenvalue weighted by molar-refractivity contribution is 0.134. The molecule has 0 spiro atoms. The Morgan fingerprint density at radius 3 is 2.39 bits per heavy atom. The molecule has 1 rings (SSSR count). The molecule has 0 saturated heterocycles. The van der Waals surface area contributed by atoms with Crippen molar-refractivity contribution in [2.75, 3.05) is 13.6 Å². The first-order chi connectivity index (χ1) is 8.60. The van der Waals surface area contributed by atoms with E-state index in [0.717, 1.165) is 31.4 Å². The summed E-state index contributed by atoms with van der Waals surface area (Å²) in [5, 5.41) is 10.8. The minimum atomic E-state index is -0.476. The molecule has 3 heteroatoms. The summed E-state index contributed by atoms with van der Waals surface area (Å²) in [4.78, 5) is 2.32. The molecule has 0 aliphatic heterocycles. The van der Waals surface area contributed by atoms with Crippen molar-refractivity contribution in [3.8, 4) is 0 Å². The predicted molar refractivity (Wildman–Crippen MR) is 78.0 cm³/mol. The highest BCUT2D eigenvalue weighted by Crippen LogP contribution is 2.25. The molecule has 0 aliphatic carbocycles. The topological polar surface area (TPSA) is 23.5 Å². The third-order valence-corrected chi connectivity index (χ3v) is 3.93. The third kappa shape index (κ3) is 4.27. The van der Waals surface area contributed by atoms with Gasteiger partial charge in [-0.2, -0.15) is 0 Å². The van der Waals surface area contributed by atoms with Crippen molar-refractivity contribution in [3.63, 3.8) is 0 Å². The van der Waals surface area contributed by atoms with Crippen LogP contribution < -0.4 is 0 Å². The normalized spacial score (nSPS) is 13.3. The number of benzene rings is 1. The van der Waals surface area contributed by atoms with Gasteiger partial charge in [0.15, 0.2) is 0 Å². The Kier molecular flexibility index (Phi) is 6.69. The van der Waals surface area contributed by atoms with Crippen LogP contribution in [0, 0.1) is 0 Å². The molecule has 1 unspecified atom stereocenters. The molecule has 1 aromatic carbocycles. The number of aliphatic hydroxyl groups excluding tert-OH is 1. The summed E-state index contributed by atoms with van der Waals surface area (Å²) in [7, 11) is 2.12. The van der Waals surface area contributed by atoms with Crippen LogP contribution in [0.2, 0.25) is 5.02 Å². The monoisotopic (exact) mass is 269 g/mol. The van der Waals surface area contributed by atoms with E-state index in [1.165, 1.54) is 0 Å². The van der Waals surface area contributed by atoms with Crippen LogP contribution in [0.15, 0.2) is 24.3 Å². The third-order valence-electron chi connectivity index (χ3n) is 3.59. The highest BCUT2D eigenvalue weighted by atomic mass is 35.5. The fourth-order valence-electron chi connectivity index (χ4n) is 2.32. The molecule has 1 N–H and O–H groups in total. The van der Waals surface area contributed by atoms with Crippen molar-refractivity contribution in [2.45, 2.75) is 45.3 Å². The number of halogens is 1. The summed E-state index contributed by atoms with van der Waals surface area (Å²) in [6.45, 7) is 5.29. The first-order valence-corrected chi connectivity index (χ1v) is 7.10. The number of aliphatic hydroxyl groups is 1. The van der Waals surface area contributed by atoms with Gasteiger partial charge in [0.2, 0.25) is 0 Å². The number of hydrogen-bond donors (Lipinski definition) is 1. The molecule has 0 saturated carbocycles. The van der Waals surface area contributed by atoms with Crippen LogP contribution in [0.25, 0.3) is 0 Å². The van der Waals surface area contributed by atoms with Crippen LogP contribution in [0.1, 0.15) is 44.8 Å². The maximum Gasteiger partial charge on any atom is 0.0816 e. The van der Waals surface area contributed by atoms with E-state index in [0.29, 0.717) is 11.1 Å². The maximum atomic E-state index is 10.2. The van der Waals surface area contributed by atoms with Gasteiger partial charge in [-0.25, -0.2) is 0 Å². The highest BCUT2D eigenvalue weighted by molar-refractivity contribution is 6.31. The van der Waals surface area contributed by atoms with Gasteiger partial charge in [0, 0.05) is 17.6 Å². The summed E-state index contributed by atoms with van der Waals surface area (Å²) >= 11 is 6.08. The Balaban J connectivity index is 2.51. The van der Waals surface area contributed by atoms with E-state index in [4.69, 9.17) is 11.6 Å². The van der Waals surface area contributed by atoms with Gasteiger partial charge in [0.05, 0.1) is 6.10 Å². The highest BCUT2D eigenvalue weighted by Gasteiger charge is 2.15. The van der Waals surface area contributed by atoms with E-state index in [-0.39, 0.29) is 0 Å². The Morgan fingerprint density at radius 1 is 1.22 bits per heavy atom. The van der Waals surface area contributed by atoms with E-state index >= 15 is 0 Å². The van der Waals surface area contributed by atoms with Crippen molar-refractivity contribution in [2.24, 2.45) is 0 Å². The lowest BCUT2D eigenvalue weighted by Gasteiger charge is -2.27. The zero-order valence-corrected chi connectivity index (χ0v) is 12.3. The van der Waals surface area contributed by atoms with Crippen LogP contribution in [-0.4, -0.2) is 29.6 Å². The van der Waals surface area contributed by atoms with Gasteiger partial charge in [-0.1, -0.05) is 43.6 Å². The predicted octanol–water partition coefficient (Wildman–Crippen LogP) is 3.88. The van der Waals surface area contributed by atoms with E-state index in [1.54, 1.807) is 0 Å². The van der Waals surface area contributed by atoms with E-state index in [2.05, 4.69) is 25.8 Å². The van der Waals surface area contributed by atoms with Gasteiger partial charge in [-0.3, -0.25) is 0 Å². The Hall–Kier alpha value is -0.570. The number of hydrogen-bond acceptors (Lipinski definition) is 2. The molecule has 2 nitrogen and oxygen atoms in total. The molecule has 1 aromatic rings. The average molecular weight is 270 g/mol. The van der Waals surface area contributed by atoms with Gasteiger partial charge in [-0.15, -0.1) is 0 Å². The lowest BCUT2D eigenvalue weighted by atomic mass is 10.1. The molecule has 1 atom stereocenters. The Bertz CT molecular complexity index is 352. The smallest absolute Gasteiger partial charge is 0.0816 e. The lowest BCUT2D eigenvalue weighted by Crippen LogP contribution is -2.32. The van der Waals surface area contributed by atoms with Crippen LogP contribution in [0.3, 0.4) is 0 Å². The van der Waals surface area contributed by atoms with E-state index in [1.807, 2.05) is 24.3 Å². The number of nitrogens with zero attached hydrogens (tertiary/aromatic N) is 1. The summed E-state index contributed by atoms with van der Waals surface area (Å²) < 4.78 is 0. The zero-order valence-electron chi connectivity index (χ0n) is 11.6. The van der Waals surface area contributed by atoms with Gasteiger partial charge in [-0.05, 0) is 37.9 Å². The van der Waals surface area contributed by atoms with Crippen LogP contribution in [-0.2, 0) is 0 Å². The second-order valence-corrected chi connectivity index (χ2v) is 5.18. The summed E-state index contributed by atoms with van der Waals surface area (Å²) in [5.41, 5.74) is 0.831. The number of rotatable bonds is 7. The molecular formula is C15H24ClNO. The van der Waals surface area contributed by atoms with Gasteiger partial charge in [0.1, 0.15) is 0 Å². The van der Waals surface area contributed by atoms with Crippen LogP contribution in [0.4, 0.5) is 0 Å². The van der Waals surface area contributed by atoms with E-state index in [9.17, 15) is 5.11 Å². The average Bonchev–Trinajstić information content (AvgIpc) is 2.38. The minimum absolute atomic E-state index is 0.476. The molecule has 102 valence electrons. The fraction of sp³-hybridized carbons (Fsp3) is 0.600. The van der Waals surface area contributed by atoms with Gasteiger partial charge >= 0.3 is 0 Å². The van der Waals surface area contributed by atoms with E-state index < -0.39 is 6.10 Å². The molecule has 18 heavy (non-hydrogen) atoms. The molecular weight excluding hydrogens is 246 g/mol. The standard InChI is InChI=1S/C15H24ClNO/c1-4-12(5-2)17(3)11-10-15(18)13-8-6-7-9-14(13)16/h6-9,12,15,18H,4-5,10-11H2,1-3H3. The Morgan fingerprint density at radius 2 is 1.83 bits per heavy atom. The summed E-state index contributed by atoms with van der Waals surface area (Å²) in [5.74, 6) is 0. The SMILES string of the molecule is CCC(CC)N(C)CCC(O)c1ccccc1Cl. The Labute approximate surface area is 116 Å². The largest absolute Gasteiger partial charge is 0.388 e. The summed E-state index contributed by atoms with van der Waals surface area (Å²) in [6, 6.07) is 8.11. The molecule has 0 fully saturated rings.